The molecule has 1 spiro atoms. The van der Waals surface area contributed by atoms with Crippen LogP contribution in [0.5, 0.6) is 17.2 Å². The van der Waals surface area contributed by atoms with Crippen molar-refractivity contribution < 1.29 is 36.2 Å². The maximum absolute atomic E-state index is 12.2. The molecule has 3 aromatic rings. The highest BCUT2D eigenvalue weighted by Crippen LogP contribution is 2.54. The summed E-state index contributed by atoms with van der Waals surface area (Å²) < 4.78 is 61.2. The number of aromatic nitrogens is 1. The molecule has 3 heterocycles. The number of benzene rings is 2. The van der Waals surface area contributed by atoms with Gasteiger partial charge in [0.05, 0.1) is 39.3 Å². The average Bonchev–Trinajstić information content (AvgIpc) is 3.30. The molecule has 1 saturated heterocycles. The molecule has 0 saturated carbocycles. The lowest BCUT2D eigenvalue weighted by molar-refractivity contribution is -0.674. The highest BCUT2D eigenvalue weighted by molar-refractivity contribution is 7.86. The molecule has 5 rings (SSSR count). The molecule has 2 unspecified atom stereocenters. The number of hydrogen-bond acceptors (Lipinski definition) is 7. The van der Waals surface area contributed by atoms with E-state index in [9.17, 15) is 13.0 Å². The number of allylic oxidation sites excluding steroid dienone is 2. The Morgan fingerprint density at radius 3 is 2.54 bits per heavy atom. The van der Waals surface area contributed by atoms with E-state index in [1.54, 1.807) is 31.4 Å². The van der Waals surface area contributed by atoms with Gasteiger partial charge in [-0.3, -0.25) is 0 Å². The first-order chi connectivity index (χ1) is 16.7. The molecule has 2 aromatic carbocycles. The number of ether oxygens (including phenoxy) is 3. The van der Waals surface area contributed by atoms with Crippen molar-refractivity contribution in [3.63, 3.8) is 0 Å². The van der Waals surface area contributed by atoms with Gasteiger partial charge in [-0.1, -0.05) is 0 Å². The molecule has 35 heavy (non-hydrogen) atoms. The Hall–Kier alpha value is -3.34. The predicted octanol–water partition coefficient (Wildman–Crippen LogP) is 3.68. The summed E-state index contributed by atoms with van der Waals surface area (Å²) in [7, 11) is -1.42. The number of nitrogens with zero attached hydrogens (tertiary/aromatic N) is 2. The Morgan fingerprint density at radius 2 is 1.91 bits per heavy atom. The molecular weight excluding hydrogens is 472 g/mol. The molecular formula is C25H27N2O7S+. The van der Waals surface area contributed by atoms with Crippen LogP contribution >= 0.6 is 0 Å². The number of aryl methyl sites for hydroxylation is 1. The van der Waals surface area contributed by atoms with Crippen LogP contribution in [0.1, 0.15) is 26.2 Å². The first-order valence-corrected chi connectivity index (χ1v) is 12.8. The van der Waals surface area contributed by atoms with E-state index in [1.165, 1.54) is 7.11 Å². The minimum absolute atomic E-state index is 0.172. The lowest BCUT2D eigenvalue weighted by atomic mass is 10.1. The molecule has 10 heteroatoms. The number of methoxy groups -OCH3 is 2. The van der Waals surface area contributed by atoms with E-state index >= 15 is 0 Å². The van der Waals surface area contributed by atoms with Gasteiger partial charge < -0.3 is 23.2 Å². The smallest absolute Gasteiger partial charge is 0.374 e. The largest absolute Gasteiger partial charge is 0.743 e. The lowest BCUT2D eigenvalue weighted by Gasteiger charge is -2.47. The van der Waals surface area contributed by atoms with E-state index in [1.807, 2.05) is 42.7 Å². The van der Waals surface area contributed by atoms with Crippen LogP contribution < -0.4 is 23.3 Å². The SMILES string of the molecule is CC[n+]1c(/C=C(C)/C=C2/Oc3ccc(OC)cc3[N+]23CCC3S(=O)(=O)[O-])oc2ccc(OC)cc21. The van der Waals surface area contributed by atoms with Crippen molar-refractivity contribution in [3.8, 4) is 17.2 Å². The van der Waals surface area contributed by atoms with E-state index in [0.717, 1.165) is 22.4 Å². The van der Waals surface area contributed by atoms with Crippen LogP contribution in [0.4, 0.5) is 5.69 Å². The van der Waals surface area contributed by atoms with Gasteiger partial charge >= 0.3 is 11.8 Å². The Balaban J connectivity index is 1.60. The lowest BCUT2D eigenvalue weighted by Crippen LogP contribution is -2.67. The predicted molar refractivity (Wildman–Crippen MR) is 129 cm³/mol. The Kier molecular flexibility index (Phi) is 5.62. The van der Waals surface area contributed by atoms with E-state index in [2.05, 4.69) is 0 Å². The van der Waals surface area contributed by atoms with Gasteiger partial charge in [-0.15, -0.1) is 0 Å². The summed E-state index contributed by atoms with van der Waals surface area (Å²) in [6.45, 7) is 5.01. The Morgan fingerprint density at radius 1 is 1.20 bits per heavy atom. The summed E-state index contributed by atoms with van der Waals surface area (Å²) in [6, 6.07) is 10.8. The third kappa shape index (κ3) is 3.69. The molecule has 2 atom stereocenters. The topological polar surface area (TPSA) is 102 Å². The standard InChI is InChI=1S/C25H27N2O7S/c1-5-26-19-14-17(31-3)6-8-21(19)33-23(26)12-16(2)13-24-27(11-10-25(27)35(28,29)30)20-15-18(32-4)7-9-22(20)34-24/h6-9,12-15,25H,5,10-11H2,1-4H3/q+1/b16-12+,24-13+. The van der Waals surface area contributed by atoms with E-state index in [-0.39, 0.29) is 10.9 Å². The van der Waals surface area contributed by atoms with E-state index < -0.39 is 15.5 Å². The van der Waals surface area contributed by atoms with Gasteiger partial charge in [0.25, 0.3) is 5.52 Å². The van der Waals surface area contributed by atoms with Crippen molar-refractivity contribution in [2.75, 3.05) is 20.8 Å². The molecule has 0 aliphatic carbocycles. The highest BCUT2D eigenvalue weighted by Gasteiger charge is 2.61. The number of rotatable bonds is 6. The summed E-state index contributed by atoms with van der Waals surface area (Å²) >= 11 is 0. The minimum atomic E-state index is -4.58. The van der Waals surface area contributed by atoms with Crippen molar-refractivity contribution in [3.05, 3.63) is 59.8 Å². The zero-order valence-corrected chi connectivity index (χ0v) is 20.8. The number of fused-ring (bicyclic) bond motifs is 3. The van der Waals surface area contributed by atoms with Crippen molar-refractivity contribution in [1.29, 1.82) is 0 Å². The third-order valence-corrected chi connectivity index (χ3v) is 7.98. The zero-order chi connectivity index (χ0) is 25.0. The van der Waals surface area contributed by atoms with E-state index in [0.29, 0.717) is 42.0 Å². The highest BCUT2D eigenvalue weighted by atomic mass is 32.2. The fourth-order valence-electron chi connectivity index (χ4n) is 4.94. The van der Waals surface area contributed by atoms with Gasteiger partial charge in [-0.05, 0) is 43.7 Å². The Labute approximate surface area is 203 Å². The van der Waals surface area contributed by atoms with Crippen LogP contribution in [0.2, 0.25) is 0 Å². The fraction of sp³-hybridized carbons (Fsp3) is 0.320. The molecule has 9 nitrogen and oxygen atoms in total. The quantitative estimate of drug-likeness (QED) is 0.290. The summed E-state index contributed by atoms with van der Waals surface area (Å²) in [5, 5.41) is -1.16. The molecule has 1 aromatic heterocycles. The van der Waals surface area contributed by atoms with Gasteiger partial charge in [0.15, 0.2) is 26.9 Å². The Bertz CT molecular complexity index is 1490. The molecule has 0 bridgehead atoms. The third-order valence-electron chi connectivity index (χ3n) is 6.71. The number of hydrogen-bond donors (Lipinski definition) is 0. The van der Waals surface area contributed by atoms with Gasteiger partial charge in [-0.25, -0.2) is 12.9 Å². The van der Waals surface area contributed by atoms with Crippen LogP contribution in [0.25, 0.3) is 17.2 Å². The molecule has 184 valence electrons. The summed E-state index contributed by atoms with van der Waals surface area (Å²) in [6.07, 6.45) is 3.90. The summed E-state index contributed by atoms with van der Waals surface area (Å²) in [5.41, 5.74) is 3.01. The van der Waals surface area contributed by atoms with Gasteiger partial charge in [0, 0.05) is 12.1 Å². The number of quaternary nitrogens is 1. The second-order valence-corrected chi connectivity index (χ2v) is 10.2. The van der Waals surface area contributed by atoms with Gasteiger partial charge in [0.2, 0.25) is 5.58 Å². The van der Waals surface area contributed by atoms with Crippen LogP contribution in [0.3, 0.4) is 0 Å². The minimum Gasteiger partial charge on any atom is -0.743 e. The summed E-state index contributed by atoms with van der Waals surface area (Å²) in [4.78, 5) is 0. The first kappa shape index (κ1) is 23.4. The maximum atomic E-state index is 12.2. The second kappa shape index (κ2) is 8.40. The molecule has 0 amide bonds. The van der Waals surface area contributed by atoms with Crippen LogP contribution in [0, 0.1) is 0 Å². The zero-order valence-electron chi connectivity index (χ0n) is 20.0. The van der Waals surface area contributed by atoms with Crippen molar-refractivity contribution in [1.82, 2.24) is 4.48 Å². The van der Waals surface area contributed by atoms with Crippen LogP contribution in [0.15, 0.2) is 58.3 Å². The fourth-order valence-corrected chi connectivity index (χ4v) is 6.10. The van der Waals surface area contributed by atoms with Crippen molar-refractivity contribution in [2.24, 2.45) is 0 Å². The van der Waals surface area contributed by atoms with Crippen LogP contribution in [-0.4, -0.2) is 39.1 Å². The molecule has 1 fully saturated rings. The first-order valence-electron chi connectivity index (χ1n) is 11.3. The van der Waals surface area contributed by atoms with Gasteiger partial charge in [-0.2, -0.15) is 4.57 Å². The average molecular weight is 500 g/mol. The van der Waals surface area contributed by atoms with Crippen molar-refractivity contribution >= 4 is 33.0 Å². The number of oxazole rings is 1. The monoisotopic (exact) mass is 499 g/mol. The summed E-state index contributed by atoms with van der Waals surface area (Å²) in [5.74, 6) is 2.83. The maximum Gasteiger partial charge on any atom is 0.374 e. The van der Waals surface area contributed by atoms with Crippen LogP contribution in [-0.2, 0) is 16.7 Å². The molecule has 0 radical (unpaired) electrons. The normalized spacial score (nSPS) is 22.8. The van der Waals surface area contributed by atoms with E-state index in [4.69, 9.17) is 18.6 Å². The molecule has 2 aliphatic heterocycles. The molecule has 2 aliphatic rings. The second-order valence-electron chi connectivity index (χ2n) is 8.65. The van der Waals surface area contributed by atoms with Gasteiger partial charge in [0.1, 0.15) is 18.0 Å². The molecule has 0 N–H and O–H groups in total. The van der Waals surface area contributed by atoms with Crippen molar-refractivity contribution in [2.45, 2.75) is 32.2 Å².